The lowest BCUT2D eigenvalue weighted by Crippen LogP contribution is -2.39. The van der Waals surface area contributed by atoms with Crippen molar-refractivity contribution in [2.24, 2.45) is 0 Å². The smallest absolute Gasteiger partial charge is 0.246 e. The van der Waals surface area contributed by atoms with Crippen molar-refractivity contribution in [2.75, 3.05) is 7.05 Å². The Kier molecular flexibility index (Phi) is 3.95. The Morgan fingerprint density at radius 2 is 2.00 bits per heavy atom. The molecule has 0 aromatic heterocycles. The minimum absolute atomic E-state index is 0.0613. The van der Waals surface area contributed by atoms with E-state index < -0.39 is 6.04 Å². The Labute approximate surface area is 111 Å². The lowest BCUT2D eigenvalue weighted by atomic mass is 10.0. The molecule has 1 saturated heterocycles. The van der Waals surface area contributed by atoms with Crippen molar-refractivity contribution < 1.29 is 14.0 Å². The van der Waals surface area contributed by atoms with E-state index in [2.05, 4.69) is 5.32 Å². The maximum absolute atomic E-state index is 12.9. The molecule has 2 amide bonds. The molecule has 0 bridgehead atoms. The Morgan fingerprint density at radius 3 is 2.47 bits per heavy atom. The number of imide groups is 1. The Bertz CT molecular complexity index is 487. The number of nitrogens with zero attached hydrogens (tertiary/aromatic N) is 1. The van der Waals surface area contributed by atoms with Gasteiger partial charge in [0.05, 0.1) is 12.5 Å². The second-order valence-corrected chi connectivity index (χ2v) is 4.73. The molecule has 1 heterocycles. The van der Waals surface area contributed by atoms with E-state index in [0.29, 0.717) is 0 Å². The summed E-state index contributed by atoms with van der Waals surface area (Å²) in [5, 5.41) is 3.18. The Morgan fingerprint density at radius 1 is 1.37 bits per heavy atom. The highest BCUT2D eigenvalue weighted by molar-refractivity contribution is 6.05. The molecule has 2 atom stereocenters. The third-order valence-electron chi connectivity index (χ3n) is 3.46. The number of amides is 2. The van der Waals surface area contributed by atoms with E-state index >= 15 is 0 Å². The molecule has 5 heteroatoms. The lowest BCUT2D eigenvalue weighted by Gasteiger charge is -2.21. The number of halogens is 1. The van der Waals surface area contributed by atoms with E-state index in [1.165, 1.54) is 19.2 Å². The van der Waals surface area contributed by atoms with Crippen LogP contribution in [0.3, 0.4) is 0 Å². The van der Waals surface area contributed by atoms with Gasteiger partial charge < -0.3 is 0 Å². The van der Waals surface area contributed by atoms with Crippen molar-refractivity contribution in [3.8, 4) is 0 Å². The summed E-state index contributed by atoms with van der Waals surface area (Å²) < 4.78 is 12.9. The van der Waals surface area contributed by atoms with Crippen LogP contribution in [0, 0.1) is 5.82 Å². The van der Waals surface area contributed by atoms with Crippen molar-refractivity contribution >= 4 is 11.8 Å². The Balaban J connectivity index is 2.10. The van der Waals surface area contributed by atoms with E-state index in [-0.39, 0.29) is 30.1 Å². The number of likely N-dealkylation sites (tertiary alicyclic amines) is 1. The summed E-state index contributed by atoms with van der Waals surface area (Å²) >= 11 is 0. The van der Waals surface area contributed by atoms with Gasteiger partial charge in [-0.2, -0.15) is 0 Å². The molecular formula is C14H17FN2O2. The summed E-state index contributed by atoms with van der Waals surface area (Å²) in [6, 6.07) is 5.64. The van der Waals surface area contributed by atoms with Gasteiger partial charge in [0, 0.05) is 13.1 Å². The number of carbonyl (C=O) groups excluding carboxylic acids is 2. The Hall–Kier alpha value is -1.75. The summed E-state index contributed by atoms with van der Waals surface area (Å²) in [4.78, 5) is 24.4. The quantitative estimate of drug-likeness (QED) is 0.841. The van der Waals surface area contributed by atoms with Crippen molar-refractivity contribution in [2.45, 2.75) is 31.8 Å². The fourth-order valence-electron chi connectivity index (χ4n) is 2.27. The van der Waals surface area contributed by atoms with Gasteiger partial charge in [-0.15, -0.1) is 0 Å². The number of benzene rings is 1. The highest BCUT2D eigenvalue weighted by Gasteiger charge is 2.36. The average Bonchev–Trinajstić information content (AvgIpc) is 2.65. The van der Waals surface area contributed by atoms with Crippen LogP contribution in [-0.2, 0) is 9.59 Å². The van der Waals surface area contributed by atoms with E-state index in [1.807, 2.05) is 6.92 Å². The van der Waals surface area contributed by atoms with Gasteiger partial charge in [-0.05, 0) is 24.1 Å². The standard InChI is InChI=1S/C14H17FN2O2/c1-3-11(9-4-6-10(15)7-5-9)16-12-8-13(18)17(2)14(12)19/h4-7,11-12,16H,3,8H2,1-2H3. The first-order valence-corrected chi connectivity index (χ1v) is 6.34. The summed E-state index contributed by atoms with van der Waals surface area (Å²) in [6.07, 6.45) is 0.945. The minimum atomic E-state index is -0.479. The zero-order chi connectivity index (χ0) is 14.0. The maximum Gasteiger partial charge on any atom is 0.246 e. The van der Waals surface area contributed by atoms with E-state index in [1.54, 1.807) is 12.1 Å². The first kappa shape index (κ1) is 13.7. The minimum Gasteiger partial charge on any atom is -0.299 e. The summed E-state index contributed by atoms with van der Waals surface area (Å²) in [7, 11) is 1.49. The molecule has 2 rings (SSSR count). The topological polar surface area (TPSA) is 49.4 Å². The second-order valence-electron chi connectivity index (χ2n) is 4.73. The highest BCUT2D eigenvalue weighted by Crippen LogP contribution is 2.21. The molecule has 0 radical (unpaired) electrons. The number of rotatable bonds is 4. The number of hydrogen-bond donors (Lipinski definition) is 1. The van der Waals surface area contributed by atoms with Gasteiger partial charge in [0.15, 0.2) is 0 Å². The van der Waals surface area contributed by atoms with Gasteiger partial charge in [-0.1, -0.05) is 19.1 Å². The predicted octanol–water partition coefficient (Wildman–Crippen LogP) is 1.62. The van der Waals surface area contributed by atoms with Gasteiger partial charge >= 0.3 is 0 Å². The van der Waals surface area contributed by atoms with Gasteiger partial charge in [-0.25, -0.2) is 4.39 Å². The zero-order valence-corrected chi connectivity index (χ0v) is 11.0. The first-order valence-electron chi connectivity index (χ1n) is 6.34. The van der Waals surface area contributed by atoms with Crippen LogP contribution in [0.15, 0.2) is 24.3 Å². The first-order chi connectivity index (χ1) is 9.02. The average molecular weight is 264 g/mol. The number of likely N-dealkylation sites (N-methyl/N-ethyl adjacent to an activating group) is 1. The highest BCUT2D eigenvalue weighted by atomic mass is 19.1. The molecule has 1 fully saturated rings. The van der Waals surface area contributed by atoms with E-state index in [4.69, 9.17) is 0 Å². The molecule has 1 aliphatic heterocycles. The van der Waals surface area contributed by atoms with Gasteiger partial charge in [0.1, 0.15) is 5.82 Å². The van der Waals surface area contributed by atoms with Crippen LogP contribution in [0.1, 0.15) is 31.4 Å². The molecule has 2 unspecified atom stereocenters. The summed E-state index contributed by atoms with van der Waals surface area (Å²) in [5.41, 5.74) is 0.915. The van der Waals surface area contributed by atoms with E-state index in [0.717, 1.165) is 16.9 Å². The van der Waals surface area contributed by atoms with Crippen LogP contribution in [0.25, 0.3) is 0 Å². The molecular weight excluding hydrogens is 247 g/mol. The third kappa shape index (κ3) is 2.81. The van der Waals surface area contributed by atoms with Crippen LogP contribution >= 0.6 is 0 Å². The summed E-state index contributed by atoms with van der Waals surface area (Å²) in [5.74, 6) is -0.660. The maximum atomic E-state index is 12.9. The largest absolute Gasteiger partial charge is 0.299 e. The molecule has 4 nitrogen and oxygen atoms in total. The van der Waals surface area contributed by atoms with Gasteiger partial charge in [0.2, 0.25) is 11.8 Å². The van der Waals surface area contributed by atoms with Crippen LogP contribution in [0.5, 0.6) is 0 Å². The molecule has 0 aliphatic carbocycles. The molecule has 1 aromatic rings. The van der Waals surface area contributed by atoms with Crippen LogP contribution in [0.2, 0.25) is 0 Å². The fourth-order valence-corrected chi connectivity index (χ4v) is 2.27. The zero-order valence-electron chi connectivity index (χ0n) is 11.0. The monoisotopic (exact) mass is 264 g/mol. The SMILES string of the molecule is CCC(NC1CC(=O)N(C)C1=O)c1ccc(F)cc1. The second kappa shape index (κ2) is 5.48. The van der Waals surface area contributed by atoms with Gasteiger partial charge in [-0.3, -0.25) is 19.8 Å². The van der Waals surface area contributed by atoms with Crippen molar-refractivity contribution in [3.63, 3.8) is 0 Å². The van der Waals surface area contributed by atoms with E-state index in [9.17, 15) is 14.0 Å². The molecule has 1 N–H and O–H groups in total. The molecule has 1 aromatic carbocycles. The van der Waals surface area contributed by atoms with Crippen LogP contribution in [0.4, 0.5) is 4.39 Å². The molecule has 0 saturated carbocycles. The van der Waals surface area contributed by atoms with Crippen LogP contribution in [-0.4, -0.2) is 29.8 Å². The summed E-state index contributed by atoms with van der Waals surface area (Å²) in [6.45, 7) is 1.98. The molecule has 19 heavy (non-hydrogen) atoms. The molecule has 1 aliphatic rings. The van der Waals surface area contributed by atoms with Crippen LogP contribution < -0.4 is 5.32 Å². The normalized spacial score (nSPS) is 21.0. The third-order valence-corrected chi connectivity index (χ3v) is 3.46. The molecule has 0 spiro atoms. The number of nitrogens with one attached hydrogen (secondary N) is 1. The predicted molar refractivity (Wildman–Crippen MR) is 68.7 cm³/mol. The molecule has 102 valence electrons. The number of hydrogen-bond acceptors (Lipinski definition) is 3. The van der Waals surface area contributed by atoms with Crippen molar-refractivity contribution in [1.82, 2.24) is 10.2 Å². The van der Waals surface area contributed by atoms with Crippen molar-refractivity contribution in [1.29, 1.82) is 0 Å². The fraction of sp³-hybridized carbons (Fsp3) is 0.429. The van der Waals surface area contributed by atoms with Gasteiger partial charge in [0.25, 0.3) is 0 Å². The lowest BCUT2D eigenvalue weighted by molar-refractivity contribution is -0.137. The van der Waals surface area contributed by atoms with Crippen molar-refractivity contribution in [3.05, 3.63) is 35.6 Å². The number of carbonyl (C=O) groups is 2.